The number of phenolic OH excluding ortho intramolecular Hbond substituents is 1. The SMILES string of the molecule is CC1(C)Cc2cccc(OCC(=O)OCc3cc(=O)oc4cc(O)ccc34)c2O1. The minimum absolute atomic E-state index is 0.0241. The lowest BCUT2D eigenvalue weighted by molar-refractivity contribution is -0.147. The van der Waals surface area contributed by atoms with Crippen LogP contribution in [0.15, 0.2) is 51.7 Å². The van der Waals surface area contributed by atoms with Crippen LogP contribution in [0.5, 0.6) is 17.2 Å². The molecule has 29 heavy (non-hydrogen) atoms. The monoisotopic (exact) mass is 396 g/mol. The molecule has 7 heteroatoms. The Hall–Kier alpha value is -3.48. The molecule has 150 valence electrons. The molecule has 0 aliphatic carbocycles. The van der Waals surface area contributed by atoms with Crippen LogP contribution in [0.4, 0.5) is 0 Å². The van der Waals surface area contributed by atoms with Crippen LogP contribution in [0.3, 0.4) is 0 Å². The predicted octanol–water partition coefficient (Wildman–Crippen LogP) is 3.33. The van der Waals surface area contributed by atoms with Gasteiger partial charge in [0.1, 0.15) is 23.5 Å². The predicted molar refractivity (Wildman–Crippen MR) is 104 cm³/mol. The van der Waals surface area contributed by atoms with Crippen molar-refractivity contribution in [3.05, 3.63) is 64.0 Å². The topological polar surface area (TPSA) is 95.2 Å². The quantitative estimate of drug-likeness (QED) is 0.522. The summed E-state index contributed by atoms with van der Waals surface area (Å²) in [7, 11) is 0. The van der Waals surface area contributed by atoms with Crippen molar-refractivity contribution in [3.8, 4) is 17.2 Å². The lowest BCUT2D eigenvalue weighted by Gasteiger charge is -2.18. The highest BCUT2D eigenvalue weighted by Gasteiger charge is 2.32. The number of carbonyl (C=O) groups excluding carboxylic acids is 1. The average Bonchev–Trinajstić information content (AvgIpc) is 2.98. The van der Waals surface area contributed by atoms with Crippen LogP contribution < -0.4 is 15.1 Å². The number of aromatic hydroxyl groups is 1. The van der Waals surface area contributed by atoms with Gasteiger partial charge in [0.15, 0.2) is 18.1 Å². The first kappa shape index (κ1) is 18.9. The Balaban J connectivity index is 1.42. The van der Waals surface area contributed by atoms with Crippen molar-refractivity contribution in [2.75, 3.05) is 6.61 Å². The van der Waals surface area contributed by atoms with Crippen LogP contribution in [-0.2, 0) is 22.6 Å². The smallest absolute Gasteiger partial charge is 0.344 e. The molecule has 0 saturated carbocycles. The van der Waals surface area contributed by atoms with Crippen LogP contribution in [-0.4, -0.2) is 23.3 Å². The van der Waals surface area contributed by atoms with Gasteiger partial charge in [-0.3, -0.25) is 0 Å². The fourth-order valence-electron chi connectivity index (χ4n) is 3.38. The summed E-state index contributed by atoms with van der Waals surface area (Å²) in [5, 5.41) is 10.1. The second-order valence-electron chi connectivity index (χ2n) is 7.50. The van der Waals surface area contributed by atoms with Crippen molar-refractivity contribution in [1.82, 2.24) is 0 Å². The molecular formula is C22H20O7. The third-order valence-electron chi connectivity index (χ3n) is 4.60. The fourth-order valence-corrected chi connectivity index (χ4v) is 3.38. The second-order valence-corrected chi connectivity index (χ2v) is 7.50. The minimum Gasteiger partial charge on any atom is -0.508 e. The van der Waals surface area contributed by atoms with E-state index in [1.807, 2.05) is 26.0 Å². The highest BCUT2D eigenvalue weighted by molar-refractivity contribution is 5.81. The van der Waals surface area contributed by atoms with Gasteiger partial charge in [-0.15, -0.1) is 0 Å². The molecule has 7 nitrogen and oxygen atoms in total. The molecule has 1 aromatic heterocycles. The van der Waals surface area contributed by atoms with Gasteiger partial charge in [0.2, 0.25) is 0 Å². The zero-order chi connectivity index (χ0) is 20.6. The maximum Gasteiger partial charge on any atom is 0.344 e. The molecular weight excluding hydrogens is 376 g/mol. The zero-order valence-corrected chi connectivity index (χ0v) is 16.1. The van der Waals surface area contributed by atoms with Gasteiger partial charge in [-0.1, -0.05) is 12.1 Å². The molecule has 0 saturated heterocycles. The standard InChI is InChI=1S/C22H20O7/c1-22(2)10-13-4-3-5-17(21(13)29-22)26-12-20(25)27-11-14-8-19(24)28-18-9-15(23)6-7-16(14)18/h3-9,23H,10-12H2,1-2H3. The molecule has 0 amide bonds. The molecule has 0 spiro atoms. The van der Waals surface area contributed by atoms with Gasteiger partial charge in [-0.25, -0.2) is 9.59 Å². The number of benzene rings is 2. The Morgan fingerprint density at radius 3 is 2.86 bits per heavy atom. The van der Waals surface area contributed by atoms with Gasteiger partial charge < -0.3 is 23.7 Å². The largest absolute Gasteiger partial charge is 0.508 e. The Kier molecular flexibility index (Phi) is 4.66. The van der Waals surface area contributed by atoms with E-state index in [9.17, 15) is 14.7 Å². The third-order valence-corrected chi connectivity index (χ3v) is 4.60. The number of fused-ring (bicyclic) bond motifs is 2. The highest BCUT2D eigenvalue weighted by atomic mass is 16.6. The number of esters is 1. The third kappa shape index (κ3) is 4.03. The zero-order valence-electron chi connectivity index (χ0n) is 16.1. The van der Waals surface area contributed by atoms with Crippen LogP contribution in [0.2, 0.25) is 0 Å². The molecule has 3 aromatic rings. The first-order valence-electron chi connectivity index (χ1n) is 9.16. The van der Waals surface area contributed by atoms with Crippen LogP contribution in [0, 0.1) is 0 Å². The van der Waals surface area contributed by atoms with Crippen LogP contribution in [0.25, 0.3) is 11.0 Å². The molecule has 2 heterocycles. The van der Waals surface area contributed by atoms with E-state index in [-0.39, 0.29) is 30.1 Å². The molecule has 0 fully saturated rings. The summed E-state index contributed by atoms with van der Waals surface area (Å²) in [5.74, 6) is 0.534. The summed E-state index contributed by atoms with van der Waals surface area (Å²) < 4.78 is 21.8. The summed E-state index contributed by atoms with van der Waals surface area (Å²) in [6.07, 6.45) is 0.767. The lowest BCUT2D eigenvalue weighted by atomic mass is 10.0. The van der Waals surface area contributed by atoms with Gasteiger partial charge in [-0.2, -0.15) is 0 Å². The number of hydrogen-bond donors (Lipinski definition) is 1. The van der Waals surface area contributed by atoms with Crippen molar-refractivity contribution in [2.45, 2.75) is 32.5 Å². The van der Waals surface area contributed by atoms with E-state index in [1.54, 1.807) is 12.1 Å². The fraction of sp³-hybridized carbons (Fsp3) is 0.273. The van der Waals surface area contributed by atoms with Gasteiger partial charge >= 0.3 is 11.6 Å². The first-order valence-corrected chi connectivity index (χ1v) is 9.16. The number of phenols is 1. The Labute approximate surface area is 166 Å². The highest BCUT2D eigenvalue weighted by Crippen LogP contribution is 2.41. The number of rotatable bonds is 5. The molecule has 1 aliphatic rings. The Morgan fingerprint density at radius 2 is 2.03 bits per heavy atom. The molecule has 0 bridgehead atoms. The number of carbonyl (C=O) groups is 1. The van der Waals surface area contributed by atoms with E-state index in [1.165, 1.54) is 18.2 Å². The summed E-state index contributed by atoms with van der Waals surface area (Å²) in [6.45, 7) is 3.57. The van der Waals surface area contributed by atoms with E-state index in [0.717, 1.165) is 12.0 Å². The maximum atomic E-state index is 12.2. The molecule has 1 aliphatic heterocycles. The van der Waals surface area contributed by atoms with E-state index in [2.05, 4.69) is 0 Å². The van der Waals surface area contributed by atoms with Crippen molar-refractivity contribution in [3.63, 3.8) is 0 Å². The van der Waals surface area contributed by atoms with Gasteiger partial charge in [0, 0.05) is 35.1 Å². The van der Waals surface area contributed by atoms with Crippen molar-refractivity contribution in [2.24, 2.45) is 0 Å². The molecule has 0 atom stereocenters. The van der Waals surface area contributed by atoms with Crippen molar-refractivity contribution < 1.29 is 28.5 Å². The summed E-state index contributed by atoms with van der Waals surface area (Å²) in [4.78, 5) is 23.9. The van der Waals surface area contributed by atoms with Crippen LogP contribution >= 0.6 is 0 Å². The Bertz CT molecular complexity index is 1140. The van der Waals surface area contributed by atoms with Crippen molar-refractivity contribution >= 4 is 16.9 Å². The van der Waals surface area contributed by atoms with E-state index < -0.39 is 11.6 Å². The molecule has 0 radical (unpaired) electrons. The summed E-state index contributed by atoms with van der Waals surface area (Å²) in [6, 6.07) is 11.2. The average molecular weight is 396 g/mol. The molecule has 2 aromatic carbocycles. The summed E-state index contributed by atoms with van der Waals surface area (Å²) >= 11 is 0. The second kappa shape index (κ2) is 7.16. The van der Waals surface area contributed by atoms with Gasteiger partial charge in [0.25, 0.3) is 0 Å². The number of para-hydroxylation sites is 1. The maximum absolute atomic E-state index is 12.2. The van der Waals surface area contributed by atoms with E-state index >= 15 is 0 Å². The van der Waals surface area contributed by atoms with Crippen LogP contribution in [0.1, 0.15) is 25.0 Å². The normalized spacial score (nSPS) is 14.3. The Morgan fingerprint density at radius 1 is 1.21 bits per heavy atom. The van der Waals surface area contributed by atoms with E-state index in [0.29, 0.717) is 22.4 Å². The van der Waals surface area contributed by atoms with Gasteiger partial charge in [-0.05, 0) is 32.0 Å². The van der Waals surface area contributed by atoms with Crippen molar-refractivity contribution in [1.29, 1.82) is 0 Å². The first-order chi connectivity index (χ1) is 13.8. The van der Waals surface area contributed by atoms with Gasteiger partial charge in [0.05, 0.1) is 0 Å². The minimum atomic E-state index is -0.593. The number of hydrogen-bond acceptors (Lipinski definition) is 7. The van der Waals surface area contributed by atoms with E-state index in [4.69, 9.17) is 18.6 Å². The molecule has 4 rings (SSSR count). The lowest BCUT2D eigenvalue weighted by Crippen LogP contribution is -2.24. The molecule has 1 N–H and O–H groups in total. The molecule has 0 unspecified atom stereocenters. The number of ether oxygens (including phenoxy) is 3. The summed E-state index contributed by atoms with van der Waals surface area (Å²) in [5.41, 5.74) is 0.831.